The number of hydrogen-bond donors (Lipinski definition) is 2. The number of nitrogens with two attached hydrogens (primary N) is 1. The number of hydrogen-bond acceptors (Lipinski definition) is 2. The number of aromatic nitrogens is 2. The summed E-state index contributed by atoms with van der Waals surface area (Å²) in [6.07, 6.45) is 3.62. The van der Waals surface area contributed by atoms with E-state index in [0.717, 1.165) is 12.2 Å². The molecule has 0 spiro atoms. The van der Waals surface area contributed by atoms with Crippen molar-refractivity contribution >= 4 is 0 Å². The van der Waals surface area contributed by atoms with E-state index in [-0.39, 0.29) is 5.41 Å². The van der Waals surface area contributed by atoms with Crippen molar-refractivity contribution in [2.24, 2.45) is 5.73 Å². The molecule has 0 saturated heterocycles. The Kier molecular flexibility index (Phi) is 1.91. The lowest BCUT2D eigenvalue weighted by Crippen LogP contribution is -2.23. The highest BCUT2D eigenvalue weighted by molar-refractivity contribution is 5.25. The van der Waals surface area contributed by atoms with Gasteiger partial charge in [0.15, 0.2) is 0 Å². The van der Waals surface area contributed by atoms with Gasteiger partial charge in [0.05, 0.1) is 12.2 Å². The molecule has 72 valence electrons. The van der Waals surface area contributed by atoms with E-state index < -0.39 is 0 Å². The summed E-state index contributed by atoms with van der Waals surface area (Å²) in [5, 5.41) is 0. The fourth-order valence-corrected chi connectivity index (χ4v) is 2.13. The number of nitrogens with one attached hydrogen (secondary N) is 1. The van der Waals surface area contributed by atoms with Crippen LogP contribution in [0.25, 0.3) is 0 Å². The predicted octanol–water partition coefficient (Wildman–Crippen LogP) is 1.48. The van der Waals surface area contributed by atoms with E-state index in [1.54, 1.807) is 0 Å². The highest BCUT2D eigenvalue weighted by Crippen LogP contribution is 2.34. The summed E-state index contributed by atoms with van der Waals surface area (Å²) in [4.78, 5) is 7.84. The number of fused-ring (bicyclic) bond motifs is 1. The van der Waals surface area contributed by atoms with Crippen molar-refractivity contribution in [3.8, 4) is 0 Å². The van der Waals surface area contributed by atoms with Gasteiger partial charge < -0.3 is 10.7 Å². The van der Waals surface area contributed by atoms with E-state index in [1.165, 1.54) is 24.2 Å². The van der Waals surface area contributed by atoms with E-state index in [4.69, 9.17) is 5.73 Å². The number of aromatic amines is 1. The summed E-state index contributed by atoms with van der Waals surface area (Å²) in [5.74, 6) is 0.931. The molecule has 3 N–H and O–H groups in total. The van der Waals surface area contributed by atoms with Crippen LogP contribution in [0.5, 0.6) is 0 Å². The Hall–Kier alpha value is -0.830. The zero-order valence-electron chi connectivity index (χ0n) is 8.35. The van der Waals surface area contributed by atoms with Crippen molar-refractivity contribution in [1.82, 2.24) is 9.97 Å². The van der Waals surface area contributed by atoms with E-state index in [1.807, 2.05) is 0 Å². The Morgan fingerprint density at radius 1 is 1.54 bits per heavy atom. The van der Waals surface area contributed by atoms with Crippen LogP contribution in [-0.2, 0) is 18.4 Å². The van der Waals surface area contributed by atoms with Gasteiger partial charge in [-0.2, -0.15) is 0 Å². The van der Waals surface area contributed by atoms with E-state index >= 15 is 0 Å². The predicted molar refractivity (Wildman–Crippen MR) is 52.4 cm³/mol. The van der Waals surface area contributed by atoms with Crippen LogP contribution in [0.1, 0.15) is 43.9 Å². The monoisotopic (exact) mass is 179 g/mol. The van der Waals surface area contributed by atoms with Gasteiger partial charge in [-0.1, -0.05) is 13.8 Å². The van der Waals surface area contributed by atoms with Crippen LogP contribution in [0.3, 0.4) is 0 Å². The lowest BCUT2D eigenvalue weighted by Gasteiger charge is -2.27. The molecule has 0 aromatic carbocycles. The molecule has 0 radical (unpaired) electrons. The highest BCUT2D eigenvalue weighted by atomic mass is 15.0. The van der Waals surface area contributed by atoms with Crippen LogP contribution in [-0.4, -0.2) is 9.97 Å². The van der Waals surface area contributed by atoms with Crippen molar-refractivity contribution in [1.29, 1.82) is 0 Å². The summed E-state index contributed by atoms with van der Waals surface area (Å²) >= 11 is 0. The molecule has 0 bridgehead atoms. The third-order valence-electron chi connectivity index (χ3n) is 2.89. The SMILES string of the molecule is CC1(C)CCCc2[nH]c(CN)nc21. The first-order valence-electron chi connectivity index (χ1n) is 4.92. The van der Waals surface area contributed by atoms with Crippen LogP contribution in [0.4, 0.5) is 0 Å². The zero-order valence-corrected chi connectivity index (χ0v) is 8.35. The van der Waals surface area contributed by atoms with Crippen molar-refractivity contribution < 1.29 is 0 Å². The van der Waals surface area contributed by atoms with Gasteiger partial charge in [0.2, 0.25) is 0 Å². The van der Waals surface area contributed by atoms with Gasteiger partial charge in [0.1, 0.15) is 5.82 Å². The molecule has 13 heavy (non-hydrogen) atoms. The van der Waals surface area contributed by atoms with Crippen LogP contribution in [0, 0.1) is 0 Å². The zero-order chi connectivity index (χ0) is 9.47. The van der Waals surface area contributed by atoms with Crippen molar-refractivity contribution in [3.05, 3.63) is 17.2 Å². The van der Waals surface area contributed by atoms with Gasteiger partial charge in [-0.25, -0.2) is 4.98 Å². The number of imidazole rings is 1. The van der Waals surface area contributed by atoms with E-state index in [9.17, 15) is 0 Å². The molecule has 1 aliphatic rings. The van der Waals surface area contributed by atoms with Crippen molar-refractivity contribution in [2.75, 3.05) is 0 Å². The average molecular weight is 179 g/mol. The summed E-state index contributed by atoms with van der Waals surface area (Å²) in [5.41, 5.74) is 8.33. The molecule has 1 heterocycles. The first kappa shape index (κ1) is 8.75. The number of H-pyrrole nitrogens is 1. The lowest BCUT2D eigenvalue weighted by molar-refractivity contribution is 0.419. The molecule has 2 rings (SSSR count). The standard InChI is InChI=1S/C10H17N3/c1-10(2)5-3-4-7-9(10)13-8(6-11)12-7/h3-6,11H2,1-2H3,(H,12,13). The normalized spacial score (nSPS) is 19.9. The quantitative estimate of drug-likeness (QED) is 0.686. The molecule has 1 aromatic rings. The summed E-state index contributed by atoms with van der Waals surface area (Å²) < 4.78 is 0. The minimum absolute atomic E-state index is 0.234. The van der Waals surface area contributed by atoms with Gasteiger partial charge >= 0.3 is 0 Å². The average Bonchev–Trinajstić information content (AvgIpc) is 2.48. The maximum absolute atomic E-state index is 5.56. The molecule has 0 fully saturated rings. The topological polar surface area (TPSA) is 54.7 Å². The second kappa shape index (κ2) is 2.84. The van der Waals surface area contributed by atoms with Gasteiger partial charge in [-0.3, -0.25) is 0 Å². The Morgan fingerprint density at radius 2 is 2.31 bits per heavy atom. The first-order valence-corrected chi connectivity index (χ1v) is 4.92. The maximum Gasteiger partial charge on any atom is 0.120 e. The Bertz CT molecular complexity index is 312. The molecule has 1 aromatic heterocycles. The lowest BCUT2D eigenvalue weighted by atomic mass is 9.78. The fourth-order valence-electron chi connectivity index (χ4n) is 2.13. The van der Waals surface area contributed by atoms with Gasteiger partial charge in [0, 0.05) is 11.1 Å². The van der Waals surface area contributed by atoms with Gasteiger partial charge in [0.25, 0.3) is 0 Å². The molecule has 3 nitrogen and oxygen atoms in total. The van der Waals surface area contributed by atoms with Crippen LogP contribution >= 0.6 is 0 Å². The molecule has 3 heteroatoms. The third-order valence-corrected chi connectivity index (χ3v) is 2.89. The molecule has 0 amide bonds. The van der Waals surface area contributed by atoms with Crippen molar-refractivity contribution in [2.45, 2.75) is 45.1 Å². The minimum Gasteiger partial charge on any atom is -0.345 e. The van der Waals surface area contributed by atoms with Gasteiger partial charge in [-0.05, 0) is 19.3 Å². The van der Waals surface area contributed by atoms with E-state index in [2.05, 4.69) is 23.8 Å². The first-order chi connectivity index (χ1) is 6.13. The number of aryl methyl sites for hydroxylation is 1. The maximum atomic E-state index is 5.56. The molecule has 0 unspecified atom stereocenters. The Balaban J connectivity index is 2.44. The summed E-state index contributed by atoms with van der Waals surface area (Å²) in [6.45, 7) is 5.03. The Morgan fingerprint density at radius 3 is 2.92 bits per heavy atom. The second-order valence-electron chi connectivity index (χ2n) is 4.45. The van der Waals surface area contributed by atoms with Crippen LogP contribution < -0.4 is 5.73 Å². The smallest absolute Gasteiger partial charge is 0.120 e. The van der Waals surface area contributed by atoms with Crippen molar-refractivity contribution in [3.63, 3.8) is 0 Å². The molecular formula is C10H17N3. The Labute approximate surface area is 78.7 Å². The summed E-state index contributed by atoms with van der Waals surface area (Å²) in [6, 6.07) is 0. The van der Waals surface area contributed by atoms with Gasteiger partial charge in [-0.15, -0.1) is 0 Å². The van der Waals surface area contributed by atoms with Crippen LogP contribution in [0.2, 0.25) is 0 Å². The minimum atomic E-state index is 0.234. The molecule has 0 saturated carbocycles. The highest BCUT2D eigenvalue weighted by Gasteiger charge is 2.30. The molecule has 0 aliphatic heterocycles. The largest absolute Gasteiger partial charge is 0.345 e. The second-order valence-corrected chi connectivity index (χ2v) is 4.45. The number of rotatable bonds is 1. The fraction of sp³-hybridized carbons (Fsp3) is 0.700. The number of nitrogens with zero attached hydrogens (tertiary/aromatic N) is 1. The van der Waals surface area contributed by atoms with E-state index in [0.29, 0.717) is 6.54 Å². The van der Waals surface area contributed by atoms with Crippen LogP contribution in [0.15, 0.2) is 0 Å². The third kappa shape index (κ3) is 1.37. The molecule has 0 atom stereocenters. The molecule has 1 aliphatic carbocycles. The summed E-state index contributed by atoms with van der Waals surface area (Å²) in [7, 11) is 0. The molecular weight excluding hydrogens is 162 g/mol.